The first-order valence-corrected chi connectivity index (χ1v) is 14.1. The Morgan fingerprint density at radius 1 is 0.927 bits per heavy atom. The van der Waals surface area contributed by atoms with Gasteiger partial charge in [0.15, 0.2) is 0 Å². The lowest BCUT2D eigenvalue weighted by molar-refractivity contribution is -0.116. The van der Waals surface area contributed by atoms with Gasteiger partial charge in [-0.25, -0.2) is 9.37 Å². The van der Waals surface area contributed by atoms with Crippen LogP contribution in [-0.2, 0) is 16.0 Å². The van der Waals surface area contributed by atoms with E-state index in [2.05, 4.69) is 20.6 Å². The van der Waals surface area contributed by atoms with Crippen LogP contribution in [0.15, 0.2) is 103 Å². The summed E-state index contributed by atoms with van der Waals surface area (Å²) in [7, 11) is 0. The predicted molar refractivity (Wildman–Crippen MR) is 159 cm³/mol. The minimum atomic E-state index is -0.325. The van der Waals surface area contributed by atoms with Crippen molar-refractivity contribution >= 4 is 22.6 Å². The molecule has 6 nitrogen and oxygen atoms in total. The molecule has 1 aliphatic rings. The van der Waals surface area contributed by atoms with Crippen molar-refractivity contribution in [1.82, 2.24) is 15.3 Å². The van der Waals surface area contributed by atoms with Crippen molar-refractivity contribution in [2.24, 2.45) is 0 Å². The topological polar surface area (TPSA) is 79.0 Å². The molecule has 0 bridgehead atoms. The zero-order valence-corrected chi connectivity index (χ0v) is 22.7. The van der Waals surface area contributed by atoms with Crippen LogP contribution in [0.25, 0.3) is 11.0 Å². The molecule has 2 atom stereocenters. The summed E-state index contributed by atoms with van der Waals surface area (Å²) in [5.41, 5.74) is 5.07. The lowest BCUT2D eigenvalue weighted by atomic mass is 9.88. The fourth-order valence-electron chi connectivity index (χ4n) is 5.54. The van der Waals surface area contributed by atoms with Gasteiger partial charge in [-0.1, -0.05) is 78.9 Å². The Hall–Kier alpha value is -4.33. The molecule has 0 radical (unpaired) electrons. The number of hydrogen-bond acceptors (Lipinski definition) is 4. The average molecular weight is 549 g/mol. The van der Waals surface area contributed by atoms with Crippen molar-refractivity contribution in [2.45, 2.75) is 37.3 Å². The Bertz CT molecular complexity index is 1520. The summed E-state index contributed by atoms with van der Waals surface area (Å²) in [4.78, 5) is 21.3. The Kier molecular flexibility index (Phi) is 8.16. The number of aromatic amines is 1. The maximum Gasteiger partial charge on any atom is 0.225 e. The number of benzene rings is 4. The van der Waals surface area contributed by atoms with E-state index in [1.165, 1.54) is 6.07 Å². The fourth-order valence-corrected chi connectivity index (χ4v) is 5.54. The Morgan fingerprint density at radius 2 is 1.63 bits per heavy atom. The molecule has 208 valence electrons. The molecular weight excluding hydrogens is 515 g/mol. The van der Waals surface area contributed by atoms with Crippen molar-refractivity contribution in [3.05, 3.63) is 131 Å². The van der Waals surface area contributed by atoms with E-state index in [0.29, 0.717) is 37.2 Å². The van der Waals surface area contributed by atoms with Gasteiger partial charge in [0.1, 0.15) is 11.6 Å². The number of morpholine rings is 1. The largest absolute Gasteiger partial charge is 0.375 e. The van der Waals surface area contributed by atoms with E-state index in [4.69, 9.17) is 4.74 Å². The smallest absolute Gasteiger partial charge is 0.225 e. The van der Waals surface area contributed by atoms with Gasteiger partial charge in [-0.05, 0) is 48.2 Å². The Labute approximate surface area is 239 Å². The van der Waals surface area contributed by atoms with E-state index < -0.39 is 0 Å². The summed E-state index contributed by atoms with van der Waals surface area (Å²) in [6.45, 7) is 1.11. The minimum Gasteiger partial charge on any atom is -0.375 e. The van der Waals surface area contributed by atoms with Gasteiger partial charge in [0, 0.05) is 30.1 Å². The summed E-state index contributed by atoms with van der Waals surface area (Å²) >= 11 is 0. The number of fused-ring (bicyclic) bond motifs is 1. The number of rotatable bonds is 9. The van der Waals surface area contributed by atoms with Gasteiger partial charge in [0.25, 0.3) is 0 Å². The van der Waals surface area contributed by atoms with E-state index >= 15 is 4.39 Å². The molecule has 0 spiro atoms. The Balaban J connectivity index is 1.08. The minimum absolute atomic E-state index is 0.0239. The highest BCUT2D eigenvalue weighted by Gasteiger charge is 2.25. The van der Waals surface area contributed by atoms with Crippen molar-refractivity contribution in [3.8, 4) is 0 Å². The molecule has 4 aromatic carbocycles. The monoisotopic (exact) mass is 548 g/mol. The number of imidazole rings is 1. The second kappa shape index (κ2) is 12.5. The lowest BCUT2D eigenvalue weighted by Crippen LogP contribution is -2.41. The number of nitrogens with zero attached hydrogens (tertiary/aromatic N) is 1. The molecule has 1 fully saturated rings. The first kappa shape index (κ1) is 26.9. The highest BCUT2D eigenvalue weighted by atomic mass is 19.1. The number of H-pyrrole nitrogens is 1. The van der Waals surface area contributed by atoms with Crippen molar-refractivity contribution in [1.29, 1.82) is 0 Å². The SMILES string of the molecule is O=C(CC(c1ccccc1)c1ccccc1)Nc1cccc(F)c1CC[C@@H]1CN[C@H](c2nc3ccccc3[nH]2)CO1. The number of nitrogens with one attached hydrogen (secondary N) is 3. The number of ether oxygens (including phenoxy) is 1. The van der Waals surface area contributed by atoms with Gasteiger partial charge in [0.05, 0.1) is 29.8 Å². The number of aromatic nitrogens is 2. The molecular formula is C34H33FN4O2. The molecule has 7 heteroatoms. The molecule has 0 aliphatic carbocycles. The summed E-state index contributed by atoms with van der Waals surface area (Å²) in [5.74, 6) is 0.275. The van der Waals surface area contributed by atoms with Crippen LogP contribution in [0.2, 0.25) is 0 Å². The predicted octanol–water partition coefficient (Wildman–Crippen LogP) is 6.53. The quantitative estimate of drug-likeness (QED) is 0.196. The first-order chi connectivity index (χ1) is 20.1. The molecule has 41 heavy (non-hydrogen) atoms. The number of amides is 1. The zero-order valence-electron chi connectivity index (χ0n) is 22.7. The van der Waals surface area contributed by atoms with E-state index in [0.717, 1.165) is 28.0 Å². The maximum absolute atomic E-state index is 15.0. The molecule has 1 aliphatic heterocycles. The molecule has 2 heterocycles. The zero-order chi connectivity index (χ0) is 28.0. The summed E-state index contributed by atoms with van der Waals surface area (Å²) in [6, 6.07) is 32.8. The normalized spacial score (nSPS) is 17.1. The number of anilines is 1. The highest BCUT2D eigenvalue weighted by molar-refractivity contribution is 5.92. The van der Waals surface area contributed by atoms with Gasteiger partial charge >= 0.3 is 0 Å². The molecule has 6 rings (SSSR count). The maximum atomic E-state index is 15.0. The first-order valence-electron chi connectivity index (χ1n) is 14.1. The van der Waals surface area contributed by atoms with E-state index in [9.17, 15) is 4.79 Å². The van der Waals surface area contributed by atoms with Crippen LogP contribution in [0.5, 0.6) is 0 Å². The lowest BCUT2D eigenvalue weighted by Gasteiger charge is -2.29. The molecule has 3 N–H and O–H groups in total. The summed E-state index contributed by atoms with van der Waals surface area (Å²) < 4.78 is 21.2. The van der Waals surface area contributed by atoms with Gasteiger partial charge in [-0.3, -0.25) is 4.79 Å². The van der Waals surface area contributed by atoms with Crippen LogP contribution < -0.4 is 10.6 Å². The second-order valence-corrected chi connectivity index (χ2v) is 10.5. The number of para-hydroxylation sites is 2. The van der Waals surface area contributed by atoms with Crippen LogP contribution in [0.4, 0.5) is 10.1 Å². The highest BCUT2D eigenvalue weighted by Crippen LogP contribution is 2.30. The molecule has 5 aromatic rings. The summed E-state index contributed by atoms with van der Waals surface area (Å²) in [6.07, 6.45) is 1.26. The van der Waals surface area contributed by atoms with Gasteiger partial charge in [0.2, 0.25) is 5.91 Å². The van der Waals surface area contributed by atoms with Crippen LogP contribution in [0, 0.1) is 5.82 Å². The van der Waals surface area contributed by atoms with Crippen molar-refractivity contribution in [2.75, 3.05) is 18.5 Å². The van der Waals surface area contributed by atoms with Crippen LogP contribution in [0.3, 0.4) is 0 Å². The Morgan fingerprint density at radius 3 is 2.32 bits per heavy atom. The van der Waals surface area contributed by atoms with Crippen LogP contribution in [0.1, 0.15) is 47.3 Å². The van der Waals surface area contributed by atoms with Crippen LogP contribution >= 0.6 is 0 Å². The van der Waals surface area contributed by atoms with Gasteiger partial charge in [-0.2, -0.15) is 0 Å². The molecule has 1 amide bonds. The number of carbonyl (C=O) groups excluding carboxylic acids is 1. The van der Waals surface area contributed by atoms with E-state index in [-0.39, 0.29) is 36.2 Å². The van der Waals surface area contributed by atoms with Gasteiger partial charge in [-0.15, -0.1) is 0 Å². The average Bonchev–Trinajstić information content (AvgIpc) is 3.45. The molecule has 1 aromatic heterocycles. The third kappa shape index (κ3) is 6.37. The van der Waals surface area contributed by atoms with Gasteiger partial charge < -0.3 is 20.4 Å². The standard InChI is InChI=1S/C34H33FN4O2/c35-28-14-9-17-29(37-33(40)20-27(23-10-3-1-4-11-23)24-12-5-2-6-13-24)26(28)19-18-25-21-36-32(22-41-25)34-38-30-15-7-8-16-31(30)39-34/h1-17,25,27,32,36H,18-22H2,(H,37,40)(H,38,39)/t25-,32+/m1/s1. The van der Waals surface area contributed by atoms with Crippen molar-refractivity contribution in [3.63, 3.8) is 0 Å². The number of halogens is 1. The molecule has 1 saturated heterocycles. The molecule has 0 saturated carbocycles. The number of hydrogen-bond donors (Lipinski definition) is 3. The molecule has 0 unspecified atom stereocenters. The number of carbonyl (C=O) groups is 1. The van der Waals surface area contributed by atoms with E-state index in [1.807, 2.05) is 84.9 Å². The summed E-state index contributed by atoms with van der Waals surface area (Å²) in [5, 5.41) is 6.52. The fraction of sp³-hybridized carbons (Fsp3) is 0.235. The third-order valence-electron chi connectivity index (χ3n) is 7.73. The van der Waals surface area contributed by atoms with Crippen molar-refractivity contribution < 1.29 is 13.9 Å². The van der Waals surface area contributed by atoms with E-state index in [1.54, 1.807) is 12.1 Å². The third-order valence-corrected chi connectivity index (χ3v) is 7.73. The second-order valence-electron chi connectivity index (χ2n) is 10.5. The van der Waals surface area contributed by atoms with Crippen LogP contribution in [-0.4, -0.2) is 35.1 Å².